The molecule has 0 aromatic heterocycles. The minimum Gasteiger partial charge on any atom is -0.319 e. The first-order chi connectivity index (χ1) is 6.81. The van der Waals surface area contributed by atoms with E-state index in [0.29, 0.717) is 0 Å². The van der Waals surface area contributed by atoms with Gasteiger partial charge in [0.2, 0.25) is 0 Å². The van der Waals surface area contributed by atoms with E-state index in [1.165, 1.54) is 45.1 Å². The molecule has 0 aromatic rings. The average Bonchev–Trinajstić information content (AvgIpc) is 2.21. The monoisotopic (exact) mass is 197 g/mol. The molecule has 3 atom stereocenters. The third-order valence-corrected chi connectivity index (χ3v) is 3.94. The Bertz CT molecular complexity index is 144. The first-order valence-corrected chi connectivity index (χ1v) is 6.46. The number of nitrogens with one attached hydrogen (secondary N) is 1. The molecule has 1 aliphatic carbocycles. The summed E-state index contributed by atoms with van der Waals surface area (Å²) in [5.41, 5.74) is 0. The van der Waals surface area contributed by atoms with Gasteiger partial charge >= 0.3 is 0 Å². The summed E-state index contributed by atoms with van der Waals surface area (Å²) in [6.45, 7) is 5.92. The van der Waals surface area contributed by atoms with E-state index in [9.17, 15) is 0 Å². The number of rotatable bonds is 5. The summed E-state index contributed by atoms with van der Waals surface area (Å²) in [4.78, 5) is 0. The maximum Gasteiger partial charge on any atom is -0.00209 e. The van der Waals surface area contributed by atoms with Crippen molar-refractivity contribution in [3.05, 3.63) is 0 Å². The van der Waals surface area contributed by atoms with Crippen LogP contribution in [0.1, 0.15) is 52.4 Å². The zero-order valence-electron chi connectivity index (χ0n) is 10.2. The third-order valence-electron chi connectivity index (χ3n) is 3.94. The molecule has 0 radical (unpaired) electrons. The molecule has 0 bridgehead atoms. The highest BCUT2D eigenvalue weighted by molar-refractivity contribution is 4.80. The summed E-state index contributed by atoms with van der Waals surface area (Å²) in [6, 6.07) is 0. The minimum absolute atomic E-state index is 0.957. The van der Waals surface area contributed by atoms with Crippen molar-refractivity contribution >= 4 is 0 Å². The van der Waals surface area contributed by atoms with Crippen LogP contribution in [0.5, 0.6) is 0 Å². The van der Waals surface area contributed by atoms with Crippen molar-refractivity contribution in [2.45, 2.75) is 52.4 Å². The van der Waals surface area contributed by atoms with Gasteiger partial charge in [0.1, 0.15) is 0 Å². The molecule has 1 N–H and O–H groups in total. The van der Waals surface area contributed by atoms with Crippen molar-refractivity contribution in [3.63, 3.8) is 0 Å². The van der Waals surface area contributed by atoms with E-state index in [-0.39, 0.29) is 0 Å². The zero-order valence-corrected chi connectivity index (χ0v) is 10.2. The molecule has 0 heterocycles. The smallest absolute Gasteiger partial charge is 0.00209 e. The van der Waals surface area contributed by atoms with Crippen LogP contribution < -0.4 is 5.32 Å². The fourth-order valence-electron chi connectivity index (χ4n) is 3.13. The fourth-order valence-corrected chi connectivity index (χ4v) is 3.13. The maximum absolute atomic E-state index is 3.35. The van der Waals surface area contributed by atoms with Gasteiger partial charge in [-0.1, -0.05) is 39.5 Å². The van der Waals surface area contributed by atoms with Gasteiger partial charge in [-0.05, 0) is 44.2 Å². The third kappa shape index (κ3) is 3.27. The van der Waals surface area contributed by atoms with Crippen molar-refractivity contribution in [1.29, 1.82) is 0 Å². The second-order valence-corrected chi connectivity index (χ2v) is 4.95. The summed E-state index contributed by atoms with van der Waals surface area (Å²) in [5, 5.41) is 3.35. The van der Waals surface area contributed by atoms with Crippen LogP contribution in [0.3, 0.4) is 0 Å². The van der Waals surface area contributed by atoms with E-state index >= 15 is 0 Å². The van der Waals surface area contributed by atoms with Crippen molar-refractivity contribution in [2.24, 2.45) is 17.8 Å². The van der Waals surface area contributed by atoms with Crippen molar-refractivity contribution in [3.8, 4) is 0 Å². The van der Waals surface area contributed by atoms with E-state index in [0.717, 1.165) is 17.8 Å². The summed E-state index contributed by atoms with van der Waals surface area (Å²) < 4.78 is 0. The zero-order chi connectivity index (χ0) is 10.4. The van der Waals surface area contributed by atoms with Gasteiger partial charge in [0, 0.05) is 0 Å². The normalized spacial score (nSPS) is 33.2. The lowest BCUT2D eigenvalue weighted by Crippen LogP contribution is -2.31. The van der Waals surface area contributed by atoms with Crippen LogP contribution in [0, 0.1) is 17.8 Å². The Morgan fingerprint density at radius 2 is 1.93 bits per heavy atom. The van der Waals surface area contributed by atoms with E-state index in [1.54, 1.807) is 0 Å². The van der Waals surface area contributed by atoms with Crippen LogP contribution in [0.25, 0.3) is 0 Å². The highest BCUT2D eigenvalue weighted by Crippen LogP contribution is 2.37. The van der Waals surface area contributed by atoms with Gasteiger partial charge in [-0.2, -0.15) is 0 Å². The van der Waals surface area contributed by atoms with Gasteiger partial charge < -0.3 is 5.32 Å². The molecule has 3 unspecified atom stereocenters. The lowest BCUT2D eigenvalue weighted by atomic mass is 9.71. The minimum atomic E-state index is 0.957. The van der Waals surface area contributed by atoms with Gasteiger partial charge in [0.25, 0.3) is 0 Å². The maximum atomic E-state index is 3.35. The quantitative estimate of drug-likeness (QED) is 0.712. The van der Waals surface area contributed by atoms with Crippen LogP contribution in [0.2, 0.25) is 0 Å². The Labute approximate surface area is 89.7 Å². The van der Waals surface area contributed by atoms with Crippen LogP contribution >= 0.6 is 0 Å². The molecular formula is C13H27N. The van der Waals surface area contributed by atoms with Gasteiger partial charge in [0.15, 0.2) is 0 Å². The molecule has 1 heteroatoms. The van der Waals surface area contributed by atoms with E-state index in [2.05, 4.69) is 26.2 Å². The standard InChI is InChI=1S/C13H27N/c1-4-6-11-7-8-13(10-14-3)12(5-2)9-11/h11-14H,4-10H2,1-3H3. The molecule has 1 fully saturated rings. The lowest BCUT2D eigenvalue weighted by Gasteiger charge is -2.35. The molecule has 1 aliphatic rings. The fraction of sp³-hybridized carbons (Fsp3) is 1.00. The Morgan fingerprint density at radius 3 is 2.50 bits per heavy atom. The van der Waals surface area contributed by atoms with Crippen molar-refractivity contribution in [1.82, 2.24) is 5.32 Å². The summed E-state index contributed by atoms with van der Waals surface area (Å²) in [6.07, 6.45) is 8.66. The molecule has 0 aromatic carbocycles. The molecule has 14 heavy (non-hydrogen) atoms. The van der Waals surface area contributed by atoms with Crippen LogP contribution in [-0.4, -0.2) is 13.6 Å². The molecule has 1 rings (SSSR count). The highest BCUT2D eigenvalue weighted by Gasteiger charge is 2.28. The Morgan fingerprint density at radius 1 is 1.14 bits per heavy atom. The molecule has 1 nitrogen and oxygen atoms in total. The first kappa shape index (κ1) is 12.0. The van der Waals surface area contributed by atoms with Gasteiger partial charge in [-0.3, -0.25) is 0 Å². The van der Waals surface area contributed by atoms with Crippen molar-refractivity contribution < 1.29 is 0 Å². The molecule has 0 amide bonds. The molecular weight excluding hydrogens is 170 g/mol. The second kappa shape index (κ2) is 6.44. The Hall–Kier alpha value is -0.0400. The average molecular weight is 197 g/mol. The molecule has 84 valence electrons. The molecule has 1 saturated carbocycles. The predicted molar refractivity (Wildman–Crippen MR) is 63.4 cm³/mol. The van der Waals surface area contributed by atoms with Gasteiger partial charge in [-0.15, -0.1) is 0 Å². The van der Waals surface area contributed by atoms with Crippen molar-refractivity contribution in [2.75, 3.05) is 13.6 Å². The van der Waals surface area contributed by atoms with Crippen LogP contribution in [0.4, 0.5) is 0 Å². The lowest BCUT2D eigenvalue weighted by molar-refractivity contribution is 0.166. The topological polar surface area (TPSA) is 12.0 Å². The summed E-state index contributed by atoms with van der Waals surface area (Å²) in [7, 11) is 2.09. The summed E-state index contributed by atoms with van der Waals surface area (Å²) in [5.74, 6) is 2.99. The predicted octanol–water partition coefficient (Wildman–Crippen LogP) is 3.45. The Balaban J connectivity index is 2.37. The van der Waals surface area contributed by atoms with E-state index in [1.807, 2.05) is 0 Å². The van der Waals surface area contributed by atoms with Gasteiger partial charge in [-0.25, -0.2) is 0 Å². The summed E-state index contributed by atoms with van der Waals surface area (Å²) >= 11 is 0. The Kier molecular flexibility index (Phi) is 5.54. The number of hydrogen-bond donors (Lipinski definition) is 1. The second-order valence-electron chi connectivity index (χ2n) is 4.95. The van der Waals surface area contributed by atoms with Crippen LogP contribution in [-0.2, 0) is 0 Å². The highest BCUT2D eigenvalue weighted by atomic mass is 14.8. The number of hydrogen-bond acceptors (Lipinski definition) is 1. The first-order valence-electron chi connectivity index (χ1n) is 6.46. The van der Waals surface area contributed by atoms with Gasteiger partial charge in [0.05, 0.1) is 0 Å². The largest absolute Gasteiger partial charge is 0.319 e. The molecule has 0 saturated heterocycles. The molecule has 0 aliphatic heterocycles. The SMILES string of the molecule is CCCC1CCC(CNC)C(CC)C1. The molecule has 0 spiro atoms. The van der Waals surface area contributed by atoms with E-state index in [4.69, 9.17) is 0 Å². The van der Waals surface area contributed by atoms with E-state index < -0.39 is 0 Å². The van der Waals surface area contributed by atoms with Crippen LogP contribution in [0.15, 0.2) is 0 Å².